The van der Waals surface area contributed by atoms with E-state index < -0.39 is 9.84 Å². The minimum absolute atomic E-state index is 0.0360. The van der Waals surface area contributed by atoms with Gasteiger partial charge in [0.25, 0.3) is 0 Å². The number of ether oxygens (including phenoxy) is 1. The van der Waals surface area contributed by atoms with Crippen molar-refractivity contribution in [2.75, 3.05) is 18.1 Å². The van der Waals surface area contributed by atoms with Gasteiger partial charge in [-0.2, -0.15) is 0 Å². The summed E-state index contributed by atoms with van der Waals surface area (Å²) in [5.41, 5.74) is 5.41. The summed E-state index contributed by atoms with van der Waals surface area (Å²) in [6.07, 6.45) is 1.93. The quantitative estimate of drug-likeness (QED) is 0.756. The van der Waals surface area contributed by atoms with E-state index in [-0.39, 0.29) is 29.6 Å². The van der Waals surface area contributed by atoms with E-state index >= 15 is 0 Å². The summed E-state index contributed by atoms with van der Waals surface area (Å²) in [6, 6.07) is 0. The minimum atomic E-state index is -3.00. The van der Waals surface area contributed by atoms with Crippen LogP contribution in [0.4, 0.5) is 0 Å². The fourth-order valence-corrected chi connectivity index (χ4v) is 3.81. The molecular weight excluding hydrogens is 214 g/mol. The van der Waals surface area contributed by atoms with Crippen LogP contribution in [0.1, 0.15) is 26.7 Å². The molecule has 1 fully saturated rings. The van der Waals surface area contributed by atoms with Gasteiger partial charge in [0, 0.05) is 0 Å². The van der Waals surface area contributed by atoms with Crippen LogP contribution in [-0.2, 0) is 14.6 Å². The molecule has 5 heteroatoms. The van der Waals surface area contributed by atoms with Crippen LogP contribution in [0.3, 0.4) is 0 Å². The van der Waals surface area contributed by atoms with Gasteiger partial charge in [-0.05, 0) is 32.2 Å². The summed E-state index contributed by atoms with van der Waals surface area (Å²) in [7, 11) is -3.00. The number of hydrogen-bond acceptors (Lipinski definition) is 4. The second-order valence-corrected chi connectivity index (χ2v) is 6.72. The van der Waals surface area contributed by atoms with Crippen LogP contribution in [0.5, 0.6) is 0 Å². The molecule has 0 saturated carbocycles. The van der Waals surface area contributed by atoms with Gasteiger partial charge in [-0.15, -0.1) is 0 Å². The highest BCUT2D eigenvalue weighted by Crippen LogP contribution is 2.20. The Kier molecular flexibility index (Phi) is 4.55. The molecule has 0 aromatic rings. The standard InChI is InChI=1S/C10H21NO3S/c1-8(5-11)6-15(12,13)7-10-4-3-9(2)14-10/h8-10H,3-7,11H2,1-2H3. The summed E-state index contributed by atoms with van der Waals surface area (Å²) in [5, 5.41) is 0. The predicted molar refractivity (Wildman–Crippen MR) is 60.4 cm³/mol. The molecule has 1 rings (SSSR count). The van der Waals surface area contributed by atoms with Crippen LogP contribution in [0, 0.1) is 5.92 Å². The molecule has 1 aliphatic heterocycles. The van der Waals surface area contributed by atoms with Crippen molar-refractivity contribution in [3.05, 3.63) is 0 Å². The first kappa shape index (κ1) is 12.9. The molecular formula is C10H21NO3S. The smallest absolute Gasteiger partial charge is 0.153 e. The average Bonchev–Trinajstić information content (AvgIpc) is 2.49. The highest BCUT2D eigenvalue weighted by molar-refractivity contribution is 7.91. The lowest BCUT2D eigenvalue weighted by molar-refractivity contribution is 0.0690. The van der Waals surface area contributed by atoms with Crippen LogP contribution in [0.2, 0.25) is 0 Å². The molecule has 1 saturated heterocycles. The van der Waals surface area contributed by atoms with Crippen LogP contribution < -0.4 is 5.73 Å². The maximum absolute atomic E-state index is 11.7. The van der Waals surface area contributed by atoms with Gasteiger partial charge in [-0.3, -0.25) is 0 Å². The highest BCUT2D eigenvalue weighted by atomic mass is 32.2. The maximum Gasteiger partial charge on any atom is 0.153 e. The Balaban J connectivity index is 2.42. The molecule has 0 radical (unpaired) electrons. The van der Waals surface area contributed by atoms with Crippen LogP contribution in [0.25, 0.3) is 0 Å². The van der Waals surface area contributed by atoms with E-state index in [1.165, 1.54) is 0 Å². The highest BCUT2D eigenvalue weighted by Gasteiger charge is 2.27. The molecule has 3 atom stereocenters. The van der Waals surface area contributed by atoms with E-state index in [0.717, 1.165) is 12.8 Å². The summed E-state index contributed by atoms with van der Waals surface area (Å²) in [5.74, 6) is 0.369. The van der Waals surface area contributed by atoms with Gasteiger partial charge in [0.1, 0.15) is 0 Å². The zero-order chi connectivity index (χ0) is 11.5. The van der Waals surface area contributed by atoms with Crippen molar-refractivity contribution in [3.63, 3.8) is 0 Å². The van der Waals surface area contributed by atoms with Crippen LogP contribution >= 0.6 is 0 Å². The summed E-state index contributed by atoms with van der Waals surface area (Å²) >= 11 is 0. The molecule has 3 unspecified atom stereocenters. The van der Waals surface area contributed by atoms with Gasteiger partial charge in [0.2, 0.25) is 0 Å². The Labute approximate surface area is 92.1 Å². The van der Waals surface area contributed by atoms with Gasteiger partial charge >= 0.3 is 0 Å². The van der Waals surface area contributed by atoms with Crippen molar-refractivity contribution in [1.82, 2.24) is 0 Å². The summed E-state index contributed by atoms with van der Waals surface area (Å²) < 4.78 is 29.0. The molecule has 1 aliphatic rings. The Bertz CT molecular complexity index is 289. The third-order valence-electron chi connectivity index (χ3n) is 2.70. The first-order valence-electron chi connectivity index (χ1n) is 5.49. The fraction of sp³-hybridized carbons (Fsp3) is 1.00. The molecule has 0 spiro atoms. The third kappa shape index (κ3) is 4.49. The first-order chi connectivity index (χ1) is 6.93. The number of nitrogens with two attached hydrogens (primary N) is 1. The van der Waals surface area contributed by atoms with Crippen molar-refractivity contribution in [3.8, 4) is 0 Å². The van der Waals surface area contributed by atoms with E-state index in [1.54, 1.807) is 0 Å². The lowest BCUT2D eigenvalue weighted by atomic mass is 10.2. The van der Waals surface area contributed by atoms with Gasteiger partial charge < -0.3 is 10.5 Å². The fourth-order valence-electron chi connectivity index (χ4n) is 1.86. The molecule has 0 aromatic heterocycles. The van der Waals surface area contributed by atoms with E-state index in [4.69, 9.17) is 10.5 Å². The predicted octanol–water partition coefficient (Wildman–Crippen LogP) is 0.563. The minimum Gasteiger partial charge on any atom is -0.374 e. The lowest BCUT2D eigenvalue weighted by Gasteiger charge is -2.13. The van der Waals surface area contributed by atoms with Gasteiger partial charge in [-0.25, -0.2) is 8.42 Å². The van der Waals surface area contributed by atoms with E-state index in [9.17, 15) is 8.42 Å². The molecule has 4 nitrogen and oxygen atoms in total. The van der Waals surface area contributed by atoms with E-state index in [0.29, 0.717) is 6.54 Å². The Morgan fingerprint density at radius 2 is 2.13 bits per heavy atom. The Morgan fingerprint density at radius 1 is 1.47 bits per heavy atom. The SMILES string of the molecule is CC(CN)CS(=O)(=O)CC1CCC(C)O1. The van der Waals surface area contributed by atoms with Gasteiger partial charge in [0.15, 0.2) is 9.84 Å². The van der Waals surface area contributed by atoms with Crippen molar-refractivity contribution in [2.24, 2.45) is 11.7 Å². The molecule has 1 heterocycles. The zero-order valence-electron chi connectivity index (χ0n) is 9.48. The number of rotatable bonds is 5. The largest absolute Gasteiger partial charge is 0.374 e. The maximum atomic E-state index is 11.7. The molecule has 0 aromatic carbocycles. The van der Waals surface area contributed by atoms with Crippen LogP contribution in [0.15, 0.2) is 0 Å². The lowest BCUT2D eigenvalue weighted by Crippen LogP contribution is -2.28. The average molecular weight is 235 g/mol. The van der Waals surface area contributed by atoms with Crippen molar-refractivity contribution in [2.45, 2.75) is 38.9 Å². The number of hydrogen-bond donors (Lipinski definition) is 1. The van der Waals surface area contributed by atoms with Gasteiger partial charge in [0.05, 0.1) is 23.7 Å². The summed E-state index contributed by atoms with van der Waals surface area (Å²) in [4.78, 5) is 0. The van der Waals surface area contributed by atoms with Gasteiger partial charge in [-0.1, -0.05) is 6.92 Å². The second kappa shape index (κ2) is 5.27. The third-order valence-corrected chi connectivity index (χ3v) is 4.66. The molecule has 0 bridgehead atoms. The Hall–Kier alpha value is -0.130. The van der Waals surface area contributed by atoms with Crippen molar-refractivity contribution in [1.29, 1.82) is 0 Å². The topological polar surface area (TPSA) is 69.4 Å². The van der Waals surface area contributed by atoms with Crippen molar-refractivity contribution >= 4 is 9.84 Å². The second-order valence-electron chi connectivity index (χ2n) is 4.56. The molecule has 15 heavy (non-hydrogen) atoms. The molecule has 0 amide bonds. The normalized spacial score (nSPS) is 29.3. The Morgan fingerprint density at radius 3 is 2.60 bits per heavy atom. The first-order valence-corrected chi connectivity index (χ1v) is 7.31. The molecule has 0 aliphatic carbocycles. The molecule has 2 N–H and O–H groups in total. The van der Waals surface area contributed by atoms with Crippen molar-refractivity contribution < 1.29 is 13.2 Å². The number of sulfone groups is 1. The molecule has 90 valence electrons. The summed E-state index contributed by atoms with van der Waals surface area (Å²) in [6.45, 7) is 4.26. The monoisotopic (exact) mass is 235 g/mol. The zero-order valence-corrected chi connectivity index (χ0v) is 10.3. The van der Waals surface area contributed by atoms with E-state index in [2.05, 4.69) is 0 Å². The van der Waals surface area contributed by atoms with Crippen LogP contribution in [-0.4, -0.2) is 38.7 Å². The van der Waals surface area contributed by atoms with E-state index in [1.807, 2.05) is 13.8 Å².